The lowest BCUT2D eigenvalue weighted by Gasteiger charge is -2.33. The van der Waals surface area contributed by atoms with E-state index in [9.17, 15) is 9.18 Å². The van der Waals surface area contributed by atoms with Crippen LogP contribution in [0.5, 0.6) is 5.75 Å². The summed E-state index contributed by atoms with van der Waals surface area (Å²) in [5, 5.41) is 2.90. The summed E-state index contributed by atoms with van der Waals surface area (Å²) in [7, 11) is 1.52. The molecule has 21 heavy (non-hydrogen) atoms. The van der Waals surface area contributed by atoms with E-state index in [0.717, 1.165) is 19.3 Å². The molecule has 116 valence electrons. The van der Waals surface area contributed by atoms with Gasteiger partial charge in [0, 0.05) is 5.56 Å². The first-order valence-electron chi connectivity index (χ1n) is 7.39. The smallest absolute Gasteiger partial charge is 0.240 e. The molecule has 1 aliphatic rings. The van der Waals surface area contributed by atoms with Gasteiger partial charge >= 0.3 is 0 Å². The van der Waals surface area contributed by atoms with Crippen LogP contribution in [-0.4, -0.2) is 18.6 Å². The summed E-state index contributed by atoms with van der Waals surface area (Å²) in [4.78, 5) is 12.4. The molecular formula is C16H23FN2O2. The molecule has 0 aromatic heterocycles. The minimum atomic E-state index is -0.799. The average Bonchev–Trinajstić information content (AvgIpc) is 2.47. The molecule has 0 spiro atoms. The number of hydrogen-bond acceptors (Lipinski definition) is 3. The van der Waals surface area contributed by atoms with Crippen molar-refractivity contribution in [3.63, 3.8) is 0 Å². The molecule has 0 heterocycles. The first-order valence-corrected chi connectivity index (χ1v) is 7.39. The van der Waals surface area contributed by atoms with E-state index in [0.29, 0.717) is 24.2 Å². The molecule has 1 atom stereocenters. The topological polar surface area (TPSA) is 64.3 Å². The third kappa shape index (κ3) is 3.53. The lowest BCUT2D eigenvalue weighted by atomic mass is 9.81. The number of rotatable bonds is 4. The molecule has 1 aromatic carbocycles. The summed E-state index contributed by atoms with van der Waals surface area (Å²) in [5.41, 5.74) is 6.03. The Hall–Kier alpha value is -1.62. The highest BCUT2D eigenvalue weighted by atomic mass is 19.1. The highest BCUT2D eigenvalue weighted by molar-refractivity contribution is 5.86. The Balaban J connectivity index is 2.12. The van der Waals surface area contributed by atoms with Gasteiger partial charge in [0.1, 0.15) is 11.6 Å². The maximum Gasteiger partial charge on any atom is 0.240 e. The Bertz CT molecular complexity index is 513. The van der Waals surface area contributed by atoms with Crippen LogP contribution in [0.2, 0.25) is 0 Å². The second-order valence-corrected chi connectivity index (χ2v) is 5.80. The van der Waals surface area contributed by atoms with Gasteiger partial charge in [0.2, 0.25) is 5.91 Å². The van der Waals surface area contributed by atoms with E-state index in [1.165, 1.54) is 19.2 Å². The Morgan fingerprint density at radius 1 is 1.38 bits per heavy atom. The summed E-state index contributed by atoms with van der Waals surface area (Å²) < 4.78 is 18.6. The largest absolute Gasteiger partial charge is 0.496 e. The van der Waals surface area contributed by atoms with Crippen LogP contribution in [0.4, 0.5) is 4.39 Å². The Kier molecular flexibility index (Phi) is 4.83. The molecule has 0 bridgehead atoms. The second-order valence-electron chi connectivity index (χ2n) is 5.80. The maximum absolute atomic E-state index is 13.4. The molecular weight excluding hydrogens is 271 g/mol. The number of carbonyl (C=O) groups is 1. The summed E-state index contributed by atoms with van der Waals surface area (Å²) in [6.45, 7) is 1.81. The minimum absolute atomic E-state index is 0.166. The van der Waals surface area contributed by atoms with Gasteiger partial charge in [-0.2, -0.15) is 0 Å². The fraction of sp³-hybridized carbons (Fsp3) is 0.562. The van der Waals surface area contributed by atoms with E-state index < -0.39 is 5.54 Å². The highest BCUT2D eigenvalue weighted by Crippen LogP contribution is 2.29. The lowest BCUT2D eigenvalue weighted by Crippen LogP contribution is -2.55. The normalized spacial score (nSPS) is 18.9. The van der Waals surface area contributed by atoms with Gasteiger partial charge in [-0.3, -0.25) is 4.79 Å². The number of carbonyl (C=O) groups excluding carboxylic acids is 1. The van der Waals surface area contributed by atoms with Gasteiger partial charge in [0.05, 0.1) is 18.7 Å². The minimum Gasteiger partial charge on any atom is -0.496 e. The van der Waals surface area contributed by atoms with Crippen LogP contribution in [0.25, 0.3) is 0 Å². The molecule has 1 fully saturated rings. The van der Waals surface area contributed by atoms with Crippen molar-refractivity contribution in [2.24, 2.45) is 5.73 Å². The summed E-state index contributed by atoms with van der Waals surface area (Å²) in [5.74, 6) is 0.0342. The van der Waals surface area contributed by atoms with Crippen molar-refractivity contribution >= 4 is 5.91 Å². The molecule has 1 unspecified atom stereocenters. The van der Waals surface area contributed by atoms with Gasteiger partial charge in [0.25, 0.3) is 0 Å². The monoisotopic (exact) mass is 294 g/mol. The van der Waals surface area contributed by atoms with Crippen LogP contribution in [0.1, 0.15) is 50.6 Å². The summed E-state index contributed by atoms with van der Waals surface area (Å²) in [6.07, 6.45) is 4.47. The molecule has 0 radical (unpaired) electrons. The van der Waals surface area contributed by atoms with Gasteiger partial charge in [-0.25, -0.2) is 4.39 Å². The number of ether oxygens (including phenoxy) is 1. The maximum atomic E-state index is 13.4. The van der Waals surface area contributed by atoms with Crippen LogP contribution in [0, 0.1) is 5.82 Å². The molecule has 1 aliphatic carbocycles. The van der Waals surface area contributed by atoms with E-state index in [-0.39, 0.29) is 17.8 Å². The molecule has 1 amide bonds. The zero-order valence-corrected chi connectivity index (χ0v) is 12.6. The average molecular weight is 294 g/mol. The van der Waals surface area contributed by atoms with Crippen LogP contribution < -0.4 is 15.8 Å². The zero-order valence-electron chi connectivity index (χ0n) is 12.6. The summed E-state index contributed by atoms with van der Waals surface area (Å²) >= 11 is 0. The molecule has 1 aromatic rings. The molecule has 5 heteroatoms. The van der Waals surface area contributed by atoms with Crippen LogP contribution >= 0.6 is 0 Å². The number of methoxy groups -OCH3 is 1. The SMILES string of the molecule is COc1ccc(F)cc1C(C)NC(=O)C1(N)CCCCC1. The van der Waals surface area contributed by atoms with Crippen LogP contribution in [-0.2, 0) is 4.79 Å². The zero-order chi connectivity index (χ0) is 15.5. The van der Waals surface area contributed by atoms with Gasteiger partial charge < -0.3 is 15.8 Å². The number of amides is 1. The molecule has 1 saturated carbocycles. The number of nitrogens with two attached hydrogens (primary N) is 1. The fourth-order valence-electron chi connectivity index (χ4n) is 2.87. The third-order valence-corrected chi connectivity index (χ3v) is 4.20. The predicted molar refractivity (Wildman–Crippen MR) is 79.5 cm³/mol. The molecule has 2 rings (SSSR count). The van der Waals surface area contributed by atoms with Gasteiger partial charge in [-0.05, 0) is 38.0 Å². The molecule has 0 saturated heterocycles. The Morgan fingerprint density at radius 3 is 2.67 bits per heavy atom. The fourth-order valence-corrected chi connectivity index (χ4v) is 2.87. The molecule has 4 nitrogen and oxygen atoms in total. The summed E-state index contributed by atoms with van der Waals surface area (Å²) in [6, 6.07) is 3.92. The first kappa shape index (κ1) is 15.8. The first-order chi connectivity index (χ1) is 9.96. The van der Waals surface area contributed by atoms with Crippen molar-refractivity contribution in [1.29, 1.82) is 0 Å². The van der Waals surface area contributed by atoms with Crippen molar-refractivity contribution in [2.75, 3.05) is 7.11 Å². The quantitative estimate of drug-likeness (QED) is 0.897. The third-order valence-electron chi connectivity index (χ3n) is 4.20. The van der Waals surface area contributed by atoms with E-state index in [2.05, 4.69) is 5.32 Å². The number of halogens is 1. The highest BCUT2D eigenvalue weighted by Gasteiger charge is 2.36. The van der Waals surface area contributed by atoms with Crippen LogP contribution in [0.15, 0.2) is 18.2 Å². The van der Waals surface area contributed by atoms with E-state index in [1.54, 1.807) is 13.0 Å². The Labute approximate surface area is 124 Å². The standard InChI is InChI=1S/C16H23FN2O2/c1-11(13-10-12(17)6-7-14(13)21-2)19-15(20)16(18)8-4-3-5-9-16/h6-7,10-11H,3-5,8-9,18H2,1-2H3,(H,19,20). The van der Waals surface area contributed by atoms with Crippen molar-refractivity contribution in [3.8, 4) is 5.75 Å². The van der Waals surface area contributed by atoms with Crippen molar-refractivity contribution < 1.29 is 13.9 Å². The number of hydrogen-bond donors (Lipinski definition) is 2. The van der Waals surface area contributed by atoms with Gasteiger partial charge in [-0.1, -0.05) is 19.3 Å². The predicted octanol–water partition coefficient (Wildman–Crippen LogP) is 2.67. The van der Waals surface area contributed by atoms with Crippen molar-refractivity contribution in [3.05, 3.63) is 29.6 Å². The van der Waals surface area contributed by atoms with E-state index in [1.807, 2.05) is 0 Å². The molecule has 3 N–H and O–H groups in total. The van der Waals surface area contributed by atoms with E-state index >= 15 is 0 Å². The molecule has 0 aliphatic heterocycles. The lowest BCUT2D eigenvalue weighted by molar-refractivity contribution is -0.128. The van der Waals surface area contributed by atoms with Gasteiger partial charge in [0.15, 0.2) is 0 Å². The van der Waals surface area contributed by atoms with Crippen molar-refractivity contribution in [2.45, 2.75) is 50.6 Å². The number of nitrogens with one attached hydrogen (secondary N) is 1. The van der Waals surface area contributed by atoms with Crippen molar-refractivity contribution in [1.82, 2.24) is 5.32 Å². The number of benzene rings is 1. The van der Waals surface area contributed by atoms with E-state index in [4.69, 9.17) is 10.5 Å². The van der Waals surface area contributed by atoms with Gasteiger partial charge in [-0.15, -0.1) is 0 Å². The Morgan fingerprint density at radius 2 is 2.05 bits per heavy atom. The second kappa shape index (κ2) is 6.43. The van der Waals surface area contributed by atoms with Crippen LogP contribution in [0.3, 0.4) is 0 Å².